The molecule has 7 nitrogen and oxygen atoms in total. The molecule has 0 radical (unpaired) electrons. The third-order valence-corrected chi connectivity index (χ3v) is 3.73. The van der Waals surface area contributed by atoms with E-state index in [1.165, 1.54) is 12.4 Å². The van der Waals surface area contributed by atoms with Crippen molar-refractivity contribution >= 4 is 11.8 Å². The molecule has 2 atom stereocenters. The van der Waals surface area contributed by atoms with Crippen molar-refractivity contribution in [3.63, 3.8) is 0 Å². The molecule has 0 fully saturated rings. The molecule has 0 aliphatic rings. The van der Waals surface area contributed by atoms with Crippen LogP contribution in [0, 0.1) is 11.8 Å². The van der Waals surface area contributed by atoms with Crippen molar-refractivity contribution in [1.29, 1.82) is 0 Å². The Morgan fingerprint density at radius 2 is 1.74 bits per heavy atom. The molecule has 140 valence electrons. The fourth-order valence-corrected chi connectivity index (χ4v) is 2.25. The molecule has 0 aliphatic carbocycles. The number of hydroxylamine groups is 1. The number of hydrogen-bond acceptors (Lipinski definition) is 5. The van der Waals surface area contributed by atoms with Crippen LogP contribution in [0.3, 0.4) is 0 Å². The van der Waals surface area contributed by atoms with E-state index in [9.17, 15) is 14.7 Å². The summed E-state index contributed by atoms with van der Waals surface area (Å²) in [6.45, 7) is 1.33. The van der Waals surface area contributed by atoms with E-state index in [-0.39, 0.29) is 0 Å². The van der Waals surface area contributed by atoms with Gasteiger partial charge in [0.2, 0.25) is 0 Å². The van der Waals surface area contributed by atoms with Crippen LogP contribution in [0.25, 0.3) is 0 Å². The predicted octanol–water partition coefficient (Wildman–Crippen LogP) is 1.08. The molecule has 0 bridgehead atoms. The molecule has 0 spiro atoms. The Labute approximate surface area is 156 Å². The molecule has 0 saturated heterocycles. The lowest BCUT2D eigenvalue weighted by atomic mass is 10.1. The van der Waals surface area contributed by atoms with Gasteiger partial charge in [-0.05, 0) is 49.4 Å². The molecule has 27 heavy (non-hydrogen) atoms. The lowest BCUT2D eigenvalue weighted by Crippen LogP contribution is -2.51. The highest BCUT2D eigenvalue weighted by molar-refractivity contribution is 5.97. The smallest absolute Gasteiger partial charge is 0.268 e. The Balaban J connectivity index is 2.09. The van der Waals surface area contributed by atoms with Crippen LogP contribution in [0.5, 0.6) is 5.75 Å². The first kappa shape index (κ1) is 20.0. The molecule has 2 rings (SSSR count). The summed E-state index contributed by atoms with van der Waals surface area (Å²) >= 11 is 0. The zero-order valence-electron chi connectivity index (χ0n) is 14.9. The lowest BCUT2D eigenvalue weighted by molar-refractivity contribution is -0.133. The van der Waals surface area contributed by atoms with E-state index in [2.05, 4.69) is 17.2 Å². The maximum Gasteiger partial charge on any atom is 0.268 e. The van der Waals surface area contributed by atoms with E-state index in [1.807, 2.05) is 24.3 Å². The minimum absolute atomic E-state index is 0.290. The van der Waals surface area contributed by atoms with E-state index in [4.69, 9.17) is 9.94 Å². The average molecular weight is 368 g/mol. The Bertz CT molecular complexity index is 866. The predicted molar refractivity (Wildman–Crippen MR) is 98.3 cm³/mol. The molecular formula is C20H20N2O5. The number of ether oxygens (including phenoxy) is 1. The fourth-order valence-electron chi connectivity index (χ4n) is 2.25. The Hall–Kier alpha value is -3.34. The van der Waals surface area contributed by atoms with Crippen molar-refractivity contribution in [1.82, 2.24) is 10.8 Å². The molecule has 0 saturated carbocycles. The summed E-state index contributed by atoms with van der Waals surface area (Å²) in [5, 5.41) is 20.6. The van der Waals surface area contributed by atoms with Gasteiger partial charge in [-0.1, -0.05) is 17.9 Å². The van der Waals surface area contributed by atoms with Gasteiger partial charge in [0.05, 0.1) is 13.2 Å². The number of nitrogens with one attached hydrogen (secondary N) is 2. The third kappa shape index (κ3) is 5.57. The topological polar surface area (TPSA) is 108 Å². The number of carbonyl (C=O) groups excluding carboxylic acids is 2. The minimum atomic E-state index is -1.27. The van der Waals surface area contributed by atoms with Gasteiger partial charge < -0.3 is 15.2 Å². The summed E-state index contributed by atoms with van der Waals surface area (Å²) in [5.74, 6) is 5.25. The summed E-state index contributed by atoms with van der Waals surface area (Å²) in [7, 11) is 1.59. The first-order valence-corrected chi connectivity index (χ1v) is 8.13. The van der Waals surface area contributed by atoms with Crippen LogP contribution in [0.4, 0.5) is 0 Å². The van der Waals surface area contributed by atoms with Gasteiger partial charge in [-0.15, -0.1) is 0 Å². The molecule has 2 aromatic carbocycles. The SMILES string of the molecule is COc1cccc(C#Cc2ccc(C(=O)NC(C(=O)NO)C(C)O)cc2)c1. The maximum atomic E-state index is 12.2. The monoisotopic (exact) mass is 368 g/mol. The summed E-state index contributed by atoms with van der Waals surface area (Å²) in [5.41, 5.74) is 3.20. The molecule has 0 aliphatic heterocycles. The summed E-state index contributed by atoms with van der Waals surface area (Å²) in [6.07, 6.45) is -1.17. The number of amides is 2. The molecule has 2 amide bonds. The molecule has 0 heterocycles. The Kier molecular flexibility index (Phi) is 6.94. The normalized spacial score (nSPS) is 12.1. The van der Waals surface area contributed by atoms with Gasteiger partial charge in [-0.3, -0.25) is 14.8 Å². The molecule has 4 N–H and O–H groups in total. The van der Waals surface area contributed by atoms with E-state index >= 15 is 0 Å². The van der Waals surface area contributed by atoms with Crippen molar-refractivity contribution in [3.8, 4) is 17.6 Å². The first-order valence-electron chi connectivity index (χ1n) is 8.13. The van der Waals surface area contributed by atoms with Crippen molar-refractivity contribution < 1.29 is 24.6 Å². The van der Waals surface area contributed by atoms with E-state index < -0.39 is 24.0 Å². The highest BCUT2D eigenvalue weighted by Crippen LogP contribution is 2.12. The van der Waals surface area contributed by atoms with E-state index in [0.29, 0.717) is 16.9 Å². The van der Waals surface area contributed by atoms with Crippen LogP contribution in [-0.2, 0) is 4.79 Å². The third-order valence-electron chi connectivity index (χ3n) is 3.73. The number of methoxy groups -OCH3 is 1. The standard InChI is InChI=1S/C20H20N2O5/c1-13(23)18(20(25)22-26)21-19(24)16-10-8-14(9-11-16)6-7-15-4-3-5-17(12-15)27-2/h3-5,8-13,18,23,26H,1-2H3,(H,21,24)(H,22,25). The average Bonchev–Trinajstić information content (AvgIpc) is 2.70. The van der Waals surface area contributed by atoms with E-state index in [0.717, 1.165) is 5.56 Å². The largest absolute Gasteiger partial charge is 0.497 e. The van der Waals surface area contributed by atoms with Gasteiger partial charge in [-0.2, -0.15) is 0 Å². The van der Waals surface area contributed by atoms with Crippen molar-refractivity contribution in [2.24, 2.45) is 0 Å². The number of carbonyl (C=O) groups is 2. The molecule has 2 unspecified atom stereocenters. The van der Waals surface area contributed by atoms with Crippen molar-refractivity contribution in [3.05, 3.63) is 65.2 Å². The lowest BCUT2D eigenvalue weighted by Gasteiger charge is -2.19. The van der Waals surface area contributed by atoms with Gasteiger partial charge in [-0.25, -0.2) is 5.48 Å². The van der Waals surface area contributed by atoms with Crippen LogP contribution < -0.4 is 15.5 Å². The van der Waals surface area contributed by atoms with Crippen LogP contribution in [-0.4, -0.2) is 41.4 Å². The molecule has 0 aromatic heterocycles. The first-order chi connectivity index (χ1) is 12.9. The number of hydrogen-bond donors (Lipinski definition) is 4. The van der Waals surface area contributed by atoms with Gasteiger partial charge in [0, 0.05) is 16.7 Å². The second-order valence-corrected chi connectivity index (χ2v) is 5.73. The molecule has 2 aromatic rings. The zero-order chi connectivity index (χ0) is 19.8. The highest BCUT2D eigenvalue weighted by Gasteiger charge is 2.25. The van der Waals surface area contributed by atoms with Gasteiger partial charge >= 0.3 is 0 Å². The minimum Gasteiger partial charge on any atom is -0.497 e. The van der Waals surface area contributed by atoms with Gasteiger partial charge in [0.1, 0.15) is 11.8 Å². The second-order valence-electron chi connectivity index (χ2n) is 5.73. The fraction of sp³-hybridized carbons (Fsp3) is 0.200. The van der Waals surface area contributed by atoms with Crippen LogP contribution in [0.2, 0.25) is 0 Å². The van der Waals surface area contributed by atoms with Gasteiger partial charge in [0.15, 0.2) is 0 Å². The molecular weight excluding hydrogens is 348 g/mol. The number of rotatable bonds is 5. The Morgan fingerprint density at radius 1 is 1.07 bits per heavy atom. The summed E-state index contributed by atoms with van der Waals surface area (Å²) < 4.78 is 5.15. The number of aliphatic hydroxyl groups is 1. The van der Waals surface area contributed by atoms with Crippen molar-refractivity contribution in [2.75, 3.05) is 7.11 Å². The van der Waals surface area contributed by atoms with Crippen LogP contribution in [0.15, 0.2) is 48.5 Å². The quantitative estimate of drug-likeness (QED) is 0.359. The summed E-state index contributed by atoms with van der Waals surface area (Å²) in [4.78, 5) is 23.7. The Morgan fingerprint density at radius 3 is 2.33 bits per heavy atom. The second kappa shape index (κ2) is 9.38. The zero-order valence-corrected chi connectivity index (χ0v) is 14.9. The van der Waals surface area contributed by atoms with Gasteiger partial charge in [0.25, 0.3) is 11.8 Å². The number of aliphatic hydroxyl groups excluding tert-OH is 1. The highest BCUT2D eigenvalue weighted by atomic mass is 16.5. The van der Waals surface area contributed by atoms with E-state index in [1.54, 1.807) is 31.4 Å². The summed E-state index contributed by atoms with van der Waals surface area (Å²) in [6, 6.07) is 12.5. The van der Waals surface area contributed by atoms with Crippen molar-refractivity contribution in [2.45, 2.75) is 19.1 Å². The maximum absolute atomic E-state index is 12.2. The van der Waals surface area contributed by atoms with Crippen LogP contribution >= 0.6 is 0 Å². The number of benzene rings is 2. The molecule has 7 heteroatoms. The van der Waals surface area contributed by atoms with Crippen LogP contribution in [0.1, 0.15) is 28.4 Å².